The fourth-order valence-corrected chi connectivity index (χ4v) is 2.26. The number of rotatable bonds is 6. The van der Waals surface area contributed by atoms with Crippen LogP contribution < -0.4 is 15.4 Å². The summed E-state index contributed by atoms with van der Waals surface area (Å²) in [4.78, 5) is 23.9. The smallest absolute Gasteiger partial charge is 0.258 e. The highest BCUT2D eigenvalue weighted by atomic mass is 16.5. The molecule has 1 aliphatic carbocycles. The lowest BCUT2D eigenvalue weighted by molar-refractivity contribution is -0.129. The molecule has 23 heavy (non-hydrogen) atoms. The molecule has 1 aromatic carbocycles. The molecule has 5 heteroatoms. The Bertz CT molecular complexity index is 608. The van der Waals surface area contributed by atoms with E-state index in [1.54, 1.807) is 19.1 Å². The predicted molar refractivity (Wildman–Crippen MR) is 89.0 cm³/mol. The Labute approximate surface area is 136 Å². The first kappa shape index (κ1) is 16.8. The molecule has 122 valence electrons. The molecule has 5 nitrogen and oxygen atoms in total. The van der Waals surface area contributed by atoms with Gasteiger partial charge in [-0.1, -0.05) is 42.0 Å². The van der Waals surface area contributed by atoms with E-state index in [9.17, 15) is 9.59 Å². The normalized spacial score (nSPS) is 17.8. The fraction of sp³-hybridized carbons (Fsp3) is 0.333. The first-order chi connectivity index (χ1) is 11.0. The summed E-state index contributed by atoms with van der Waals surface area (Å²) in [7, 11) is 0. The van der Waals surface area contributed by atoms with Crippen LogP contribution in [0.2, 0.25) is 0 Å². The minimum absolute atomic E-state index is 0.0209. The van der Waals surface area contributed by atoms with Crippen molar-refractivity contribution in [2.24, 2.45) is 0 Å². The summed E-state index contributed by atoms with van der Waals surface area (Å²) in [6.07, 6.45) is 6.69. The van der Waals surface area contributed by atoms with Crippen LogP contribution in [0.5, 0.6) is 5.75 Å². The van der Waals surface area contributed by atoms with Gasteiger partial charge in [0.2, 0.25) is 5.91 Å². The molecule has 0 bridgehead atoms. The second kappa shape index (κ2) is 8.17. The van der Waals surface area contributed by atoms with Crippen molar-refractivity contribution in [2.45, 2.75) is 32.4 Å². The van der Waals surface area contributed by atoms with Crippen LogP contribution in [-0.4, -0.2) is 30.5 Å². The average molecular weight is 314 g/mol. The summed E-state index contributed by atoms with van der Waals surface area (Å²) in [6, 6.07) is 8.45. The van der Waals surface area contributed by atoms with Crippen molar-refractivity contribution in [2.75, 3.05) is 6.61 Å². The van der Waals surface area contributed by atoms with Gasteiger partial charge < -0.3 is 15.4 Å². The predicted octanol–water partition coefficient (Wildman–Crippen LogP) is 1.96. The summed E-state index contributed by atoms with van der Waals surface area (Å²) in [6.45, 7) is 3.56. The van der Waals surface area contributed by atoms with E-state index >= 15 is 0 Å². The Morgan fingerprint density at radius 1 is 1.30 bits per heavy atom. The van der Waals surface area contributed by atoms with Gasteiger partial charge in [-0.3, -0.25) is 9.59 Å². The van der Waals surface area contributed by atoms with Gasteiger partial charge in [-0.05, 0) is 32.4 Å². The molecule has 0 aromatic heterocycles. The van der Waals surface area contributed by atoms with Crippen molar-refractivity contribution in [3.8, 4) is 5.75 Å². The van der Waals surface area contributed by atoms with Gasteiger partial charge in [-0.25, -0.2) is 0 Å². The zero-order chi connectivity index (χ0) is 16.7. The maximum atomic E-state index is 12.1. The lowest BCUT2D eigenvalue weighted by Crippen LogP contribution is -2.48. The lowest BCUT2D eigenvalue weighted by atomic mass is 10.0. The summed E-state index contributed by atoms with van der Waals surface area (Å²) < 4.78 is 5.35. The Morgan fingerprint density at radius 3 is 2.74 bits per heavy atom. The molecule has 0 fully saturated rings. The van der Waals surface area contributed by atoms with Gasteiger partial charge in [0.05, 0.1) is 6.04 Å². The topological polar surface area (TPSA) is 67.4 Å². The number of allylic oxidation sites excluding steroid dienone is 2. The zero-order valence-corrected chi connectivity index (χ0v) is 13.4. The summed E-state index contributed by atoms with van der Waals surface area (Å²) in [5, 5.41) is 5.54. The van der Waals surface area contributed by atoms with Gasteiger partial charge in [-0.2, -0.15) is 0 Å². The van der Waals surface area contributed by atoms with Crippen molar-refractivity contribution in [1.29, 1.82) is 0 Å². The van der Waals surface area contributed by atoms with E-state index < -0.39 is 6.04 Å². The molecule has 1 aromatic rings. The van der Waals surface area contributed by atoms with Gasteiger partial charge in [0, 0.05) is 0 Å². The number of hydrogen-bond donors (Lipinski definition) is 2. The van der Waals surface area contributed by atoms with Gasteiger partial charge in [0.1, 0.15) is 11.8 Å². The molecule has 0 spiro atoms. The molecule has 2 amide bonds. The van der Waals surface area contributed by atoms with Crippen LogP contribution in [0.1, 0.15) is 20.3 Å². The molecule has 2 rings (SSSR count). The number of carbonyl (C=O) groups excluding carboxylic acids is 2. The van der Waals surface area contributed by atoms with E-state index in [4.69, 9.17) is 4.74 Å². The van der Waals surface area contributed by atoms with Gasteiger partial charge in [-0.15, -0.1) is 0 Å². The van der Waals surface area contributed by atoms with Crippen molar-refractivity contribution < 1.29 is 14.3 Å². The minimum atomic E-state index is -0.610. The van der Waals surface area contributed by atoms with Crippen LogP contribution in [-0.2, 0) is 9.59 Å². The van der Waals surface area contributed by atoms with E-state index in [-0.39, 0.29) is 24.5 Å². The average Bonchev–Trinajstić information content (AvgIpc) is 2.54. The number of amides is 2. The SMILES string of the molecule is CC1=CC=C[C@@H](NC(=O)[C@H](C)NC(=O)COc2ccccc2)C1. The molecule has 0 heterocycles. The zero-order valence-electron chi connectivity index (χ0n) is 13.4. The number of benzene rings is 1. The van der Waals surface area contributed by atoms with Gasteiger partial charge >= 0.3 is 0 Å². The second-order valence-electron chi connectivity index (χ2n) is 5.61. The third-order valence-electron chi connectivity index (χ3n) is 3.48. The fourth-order valence-electron chi connectivity index (χ4n) is 2.26. The highest BCUT2D eigenvalue weighted by molar-refractivity contribution is 5.88. The number of hydrogen-bond acceptors (Lipinski definition) is 3. The maximum absolute atomic E-state index is 12.1. The van der Waals surface area contributed by atoms with Crippen molar-refractivity contribution in [3.63, 3.8) is 0 Å². The van der Waals surface area contributed by atoms with Crippen molar-refractivity contribution in [3.05, 3.63) is 54.1 Å². The number of para-hydroxylation sites is 1. The van der Waals surface area contributed by atoms with Crippen LogP contribution in [0, 0.1) is 0 Å². The molecule has 1 aliphatic rings. The van der Waals surface area contributed by atoms with E-state index in [2.05, 4.69) is 10.6 Å². The van der Waals surface area contributed by atoms with Crippen molar-refractivity contribution >= 4 is 11.8 Å². The Balaban J connectivity index is 1.73. The first-order valence-electron chi connectivity index (χ1n) is 7.66. The highest BCUT2D eigenvalue weighted by Gasteiger charge is 2.19. The van der Waals surface area contributed by atoms with Gasteiger partial charge in [0.15, 0.2) is 6.61 Å². The third kappa shape index (κ3) is 5.62. The number of ether oxygens (including phenoxy) is 1. The Kier molecular flexibility index (Phi) is 5.97. The molecule has 0 aliphatic heterocycles. The lowest BCUT2D eigenvalue weighted by Gasteiger charge is -2.21. The first-order valence-corrected chi connectivity index (χ1v) is 7.66. The van der Waals surface area contributed by atoms with E-state index in [1.807, 2.05) is 43.4 Å². The standard InChI is InChI=1S/C18H22N2O3/c1-13-7-6-8-15(11-13)20-18(22)14(2)19-17(21)12-23-16-9-4-3-5-10-16/h3-10,14-15H,11-12H2,1-2H3,(H,19,21)(H,20,22)/t14-,15+/m0/s1. The number of carbonyl (C=O) groups is 2. The minimum Gasteiger partial charge on any atom is -0.484 e. The quantitative estimate of drug-likeness (QED) is 0.843. The molecular weight excluding hydrogens is 292 g/mol. The van der Waals surface area contributed by atoms with E-state index in [1.165, 1.54) is 5.57 Å². The number of nitrogens with one attached hydrogen (secondary N) is 2. The second-order valence-corrected chi connectivity index (χ2v) is 5.61. The van der Waals surface area contributed by atoms with Crippen molar-refractivity contribution in [1.82, 2.24) is 10.6 Å². The molecule has 2 N–H and O–H groups in total. The van der Waals surface area contributed by atoms with E-state index in [0.29, 0.717) is 5.75 Å². The van der Waals surface area contributed by atoms with Crippen LogP contribution in [0.3, 0.4) is 0 Å². The highest BCUT2D eigenvalue weighted by Crippen LogP contribution is 2.11. The van der Waals surface area contributed by atoms with Gasteiger partial charge in [0.25, 0.3) is 5.91 Å². The third-order valence-corrected chi connectivity index (χ3v) is 3.48. The van der Waals surface area contributed by atoms with E-state index in [0.717, 1.165) is 6.42 Å². The summed E-state index contributed by atoms with van der Waals surface area (Å²) in [5.74, 6) is 0.0866. The molecule has 2 atom stereocenters. The molecular formula is C18H22N2O3. The van der Waals surface area contributed by atoms with Crippen LogP contribution >= 0.6 is 0 Å². The monoisotopic (exact) mass is 314 g/mol. The Morgan fingerprint density at radius 2 is 2.04 bits per heavy atom. The van der Waals surface area contributed by atoms with Crippen LogP contribution in [0.25, 0.3) is 0 Å². The van der Waals surface area contributed by atoms with Crippen LogP contribution in [0.4, 0.5) is 0 Å². The Hall–Kier alpha value is -2.56. The summed E-state index contributed by atoms with van der Waals surface area (Å²) in [5.41, 5.74) is 1.21. The molecule has 0 unspecified atom stereocenters. The molecule has 0 saturated heterocycles. The van der Waals surface area contributed by atoms with Crippen LogP contribution in [0.15, 0.2) is 54.1 Å². The maximum Gasteiger partial charge on any atom is 0.258 e. The summed E-state index contributed by atoms with van der Waals surface area (Å²) >= 11 is 0. The largest absolute Gasteiger partial charge is 0.484 e. The molecule has 0 saturated carbocycles. The molecule has 0 radical (unpaired) electrons.